The van der Waals surface area contributed by atoms with E-state index in [0.29, 0.717) is 11.9 Å². The molecule has 172 valence electrons. The van der Waals surface area contributed by atoms with Crippen molar-refractivity contribution in [3.63, 3.8) is 0 Å². The largest absolute Gasteiger partial charge is 0.357 e. The number of guanidine groups is 1. The molecular formula is C23H42IN5O. The van der Waals surface area contributed by atoms with E-state index in [4.69, 9.17) is 4.99 Å². The first-order valence-corrected chi connectivity index (χ1v) is 12.3. The summed E-state index contributed by atoms with van der Waals surface area (Å²) in [5.41, 5.74) is 0. The second-order valence-corrected chi connectivity index (χ2v) is 9.68. The molecule has 4 aliphatic rings. The number of hydrogen-bond donors (Lipinski definition) is 2. The lowest BCUT2D eigenvalue weighted by Crippen LogP contribution is -2.46. The Morgan fingerprint density at radius 2 is 1.83 bits per heavy atom. The Hall–Kier alpha value is -0.570. The maximum Gasteiger partial charge on any atom is 0.225 e. The zero-order valence-corrected chi connectivity index (χ0v) is 21.1. The minimum absolute atomic E-state index is 0. The highest BCUT2D eigenvalue weighted by Gasteiger charge is 2.34. The number of rotatable bonds is 9. The molecule has 1 heterocycles. The van der Waals surface area contributed by atoms with Gasteiger partial charge in [0.2, 0.25) is 5.91 Å². The van der Waals surface area contributed by atoms with Crippen molar-refractivity contribution in [1.82, 2.24) is 20.4 Å². The van der Waals surface area contributed by atoms with Gasteiger partial charge in [-0.25, -0.2) is 0 Å². The lowest BCUT2D eigenvalue weighted by Gasteiger charge is -2.26. The molecule has 1 atom stereocenters. The third-order valence-corrected chi connectivity index (χ3v) is 7.05. The van der Waals surface area contributed by atoms with E-state index in [1.807, 2.05) is 0 Å². The van der Waals surface area contributed by atoms with Crippen LogP contribution in [0.3, 0.4) is 0 Å². The molecule has 2 N–H and O–H groups in total. The summed E-state index contributed by atoms with van der Waals surface area (Å²) in [5, 5.41) is 7.01. The molecule has 1 aliphatic heterocycles. The maximum atomic E-state index is 12.8. The van der Waals surface area contributed by atoms with Gasteiger partial charge in [0.1, 0.15) is 0 Å². The van der Waals surface area contributed by atoms with Crippen LogP contribution in [-0.2, 0) is 4.79 Å². The molecule has 1 amide bonds. The van der Waals surface area contributed by atoms with Crippen LogP contribution in [-0.4, -0.2) is 73.0 Å². The van der Waals surface area contributed by atoms with E-state index in [-0.39, 0.29) is 29.9 Å². The molecule has 1 unspecified atom stereocenters. The number of hydrogen-bond acceptors (Lipinski definition) is 3. The normalized spacial score (nSPS) is 25.3. The van der Waals surface area contributed by atoms with Crippen molar-refractivity contribution >= 4 is 35.8 Å². The van der Waals surface area contributed by atoms with Crippen LogP contribution in [0.15, 0.2) is 4.99 Å². The van der Waals surface area contributed by atoms with Crippen LogP contribution in [0.25, 0.3) is 0 Å². The molecule has 4 rings (SSSR count). The number of amides is 1. The second-order valence-electron chi connectivity index (χ2n) is 9.68. The Balaban J connectivity index is 0.00000256. The minimum Gasteiger partial charge on any atom is -0.357 e. The van der Waals surface area contributed by atoms with Gasteiger partial charge in [0.05, 0.1) is 6.54 Å². The lowest BCUT2D eigenvalue weighted by atomic mass is 9.88. The van der Waals surface area contributed by atoms with Crippen molar-refractivity contribution in [3.05, 3.63) is 0 Å². The molecule has 3 saturated carbocycles. The minimum atomic E-state index is 0. The monoisotopic (exact) mass is 531 g/mol. The topological polar surface area (TPSA) is 60.0 Å². The predicted molar refractivity (Wildman–Crippen MR) is 133 cm³/mol. The van der Waals surface area contributed by atoms with E-state index in [2.05, 4.69) is 27.4 Å². The van der Waals surface area contributed by atoms with Gasteiger partial charge in [0.15, 0.2) is 5.96 Å². The fourth-order valence-corrected chi connectivity index (χ4v) is 4.98. The Bertz CT molecular complexity index is 572. The van der Waals surface area contributed by atoms with E-state index >= 15 is 0 Å². The lowest BCUT2D eigenvalue weighted by molar-refractivity contribution is -0.135. The highest BCUT2D eigenvalue weighted by Crippen LogP contribution is 2.34. The number of halogens is 1. The zero-order valence-electron chi connectivity index (χ0n) is 18.8. The van der Waals surface area contributed by atoms with Crippen LogP contribution < -0.4 is 10.6 Å². The summed E-state index contributed by atoms with van der Waals surface area (Å²) in [6.45, 7) is 7.93. The molecule has 6 nitrogen and oxygen atoms in total. The van der Waals surface area contributed by atoms with Gasteiger partial charge in [-0.3, -0.25) is 14.7 Å². The van der Waals surface area contributed by atoms with Crippen LogP contribution in [0, 0.1) is 11.8 Å². The van der Waals surface area contributed by atoms with Crippen molar-refractivity contribution in [2.75, 3.05) is 39.3 Å². The van der Waals surface area contributed by atoms with E-state index in [1.54, 1.807) is 0 Å². The standard InChI is InChI=1S/C23H41N5O.HI/c1-2-24-23(25-13-15-27(21-10-11-21)16-18-8-9-18)26-20-12-14-28(17-20)22(29)19-6-4-3-5-7-19;/h18-21H,2-17H2,1H3,(H2,24,25,26);1H. The van der Waals surface area contributed by atoms with Gasteiger partial charge in [0.25, 0.3) is 0 Å². The molecule has 30 heavy (non-hydrogen) atoms. The molecule has 0 radical (unpaired) electrons. The summed E-state index contributed by atoms with van der Waals surface area (Å²) in [7, 11) is 0. The number of carbonyl (C=O) groups is 1. The van der Waals surface area contributed by atoms with Gasteiger partial charge < -0.3 is 15.5 Å². The summed E-state index contributed by atoms with van der Waals surface area (Å²) in [6, 6.07) is 1.15. The third kappa shape index (κ3) is 7.24. The number of carbonyl (C=O) groups excluding carboxylic acids is 1. The van der Waals surface area contributed by atoms with Crippen molar-refractivity contribution in [1.29, 1.82) is 0 Å². The predicted octanol–water partition coefficient (Wildman–Crippen LogP) is 3.22. The average molecular weight is 532 g/mol. The quantitative estimate of drug-likeness (QED) is 0.273. The molecule has 4 fully saturated rings. The van der Waals surface area contributed by atoms with Gasteiger partial charge in [-0.05, 0) is 57.8 Å². The molecule has 0 aromatic rings. The van der Waals surface area contributed by atoms with E-state index in [0.717, 1.165) is 69.9 Å². The van der Waals surface area contributed by atoms with Crippen LogP contribution >= 0.6 is 24.0 Å². The number of nitrogens with one attached hydrogen (secondary N) is 2. The first-order chi connectivity index (χ1) is 14.2. The smallest absolute Gasteiger partial charge is 0.225 e. The first-order valence-electron chi connectivity index (χ1n) is 12.3. The van der Waals surface area contributed by atoms with Crippen molar-refractivity contribution in [2.45, 2.75) is 83.2 Å². The average Bonchev–Trinajstić information content (AvgIpc) is 3.67. The molecule has 0 spiro atoms. The maximum absolute atomic E-state index is 12.8. The number of nitrogens with zero attached hydrogens (tertiary/aromatic N) is 3. The summed E-state index contributed by atoms with van der Waals surface area (Å²) in [6.07, 6.45) is 12.6. The highest BCUT2D eigenvalue weighted by molar-refractivity contribution is 14.0. The SMILES string of the molecule is CCNC(=NCCN(CC1CC1)C1CC1)NC1CCN(C(=O)C2CCCCC2)C1.I. The van der Waals surface area contributed by atoms with Gasteiger partial charge in [0, 0.05) is 50.7 Å². The summed E-state index contributed by atoms with van der Waals surface area (Å²) in [5.74, 6) is 2.56. The Labute approximate surface area is 200 Å². The van der Waals surface area contributed by atoms with Crippen molar-refractivity contribution in [3.8, 4) is 0 Å². The Morgan fingerprint density at radius 3 is 2.50 bits per heavy atom. The van der Waals surface area contributed by atoms with E-state index in [1.165, 1.54) is 51.5 Å². The molecule has 3 aliphatic carbocycles. The third-order valence-electron chi connectivity index (χ3n) is 7.05. The van der Waals surface area contributed by atoms with Crippen LogP contribution in [0.1, 0.15) is 71.1 Å². The fourth-order valence-electron chi connectivity index (χ4n) is 4.98. The van der Waals surface area contributed by atoms with Gasteiger partial charge >= 0.3 is 0 Å². The van der Waals surface area contributed by atoms with Crippen LogP contribution in [0.2, 0.25) is 0 Å². The number of aliphatic imine (C=N–C) groups is 1. The summed E-state index contributed by atoms with van der Waals surface area (Å²) in [4.78, 5) is 22.4. The Morgan fingerprint density at radius 1 is 1.07 bits per heavy atom. The van der Waals surface area contributed by atoms with E-state index < -0.39 is 0 Å². The molecule has 0 aromatic heterocycles. The van der Waals surface area contributed by atoms with Crippen LogP contribution in [0.4, 0.5) is 0 Å². The van der Waals surface area contributed by atoms with E-state index in [9.17, 15) is 4.79 Å². The van der Waals surface area contributed by atoms with Gasteiger partial charge in [-0.2, -0.15) is 0 Å². The molecule has 7 heteroatoms. The fraction of sp³-hybridized carbons (Fsp3) is 0.913. The molecule has 1 saturated heterocycles. The second kappa shape index (κ2) is 11.9. The molecular weight excluding hydrogens is 489 g/mol. The van der Waals surface area contributed by atoms with Crippen molar-refractivity contribution < 1.29 is 4.79 Å². The zero-order chi connectivity index (χ0) is 20.1. The molecule has 0 bridgehead atoms. The summed E-state index contributed by atoms with van der Waals surface area (Å²) >= 11 is 0. The van der Waals surface area contributed by atoms with Gasteiger partial charge in [-0.1, -0.05) is 19.3 Å². The Kier molecular flexibility index (Phi) is 9.54. The number of likely N-dealkylation sites (tertiary alicyclic amines) is 1. The summed E-state index contributed by atoms with van der Waals surface area (Å²) < 4.78 is 0. The first kappa shape index (κ1) is 24.1. The van der Waals surface area contributed by atoms with Crippen molar-refractivity contribution in [2.24, 2.45) is 16.8 Å². The highest BCUT2D eigenvalue weighted by atomic mass is 127. The molecule has 0 aromatic carbocycles. The van der Waals surface area contributed by atoms with Gasteiger partial charge in [-0.15, -0.1) is 24.0 Å². The van der Waals surface area contributed by atoms with Crippen LogP contribution in [0.5, 0.6) is 0 Å².